The summed E-state index contributed by atoms with van der Waals surface area (Å²) < 4.78 is 5.30. The maximum atomic E-state index is 6.08. The Morgan fingerprint density at radius 1 is 1.35 bits per heavy atom. The lowest BCUT2D eigenvalue weighted by molar-refractivity contribution is 0.332. The Hall–Kier alpha value is -1.17. The third-order valence-corrected chi connectivity index (χ3v) is 3.62. The van der Waals surface area contributed by atoms with Crippen LogP contribution in [0, 0.1) is 0 Å². The van der Waals surface area contributed by atoms with Gasteiger partial charge in [0.15, 0.2) is 0 Å². The number of likely N-dealkylation sites (N-methyl/N-ethyl adjacent to an activating group) is 1. The summed E-state index contributed by atoms with van der Waals surface area (Å²) in [6, 6.07) is 1.84. The third kappa shape index (κ3) is 3.29. The largest absolute Gasteiger partial charge is 0.339 e. The Morgan fingerprint density at radius 3 is 2.75 bits per heavy atom. The van der Waals surface area contributed by atoms with Crippen LogP contribution in [0.15, 0.2) is 16.8 Å². The van der Waals surface area contributed by atoms with E-state index < -0.39 is 0 Å². The van der Waals surface area contributed by atoms with Gasteiger partial charge in [-0.15, -0.1) is 0 Å². The number of pyridine rings is 1. The predicted octanol–water partition coefficient (Wildman–Crippen LogP) is 3.54. The first kappa shape index (κ1) is 15.2. The summed E-state index contributed by atoms with van der Waals surface area (Å²) in [7, 11) is 0. The minimum absolute atomic E-state index is 0.0993. The molecule has 0 radical (unpaired) electrons. The van der Waals surface area contributed by atoms with Gasteiger partial charge in [-0.05, 0) is 19.5 Å². The van der Waals surface area contributed by atoms with Crippen molar-refractivity contribution >= 4 is 23.2 Å². The highest BCUT2D eigenvalue weighted by Crippen LogP contribution is 2.27. The number of nitrogens with zero attached hydrogens (tertiary/aromatic N) is 3. The quantitative estimate of drug-likeness (QED) is 0.914. The molecule has 2 aromatic rings. The van der Waals surface area contributed by atoms with E-state index in [4.69, 9.17) is 27.7 Å². The summed E-state index contributed by atoms with van der Waals surface area (Å²) in [6.45, 7) is 7.05. The average Bonchev–Trinajstić information content (AvgIpc) is 2.87. The van der Waals surface area contributed by atoms with Gasteiger partial charge in [0.2, 0.25) is 11.7 Å². The first-order valence-electron chi connectivity index (χ1n) is 6.41. The monoisotopic (exact) mass is 314 g/mol. The maximum absolute atomic E-state index is 6.08. The van der Waals surface area contributed by atoms with Crippen molar-refractivity contribution in [1.29, 1.82) is 0 Å². The molecule has 0 amide bonds. The number of halogens is 2. The van der Waals surface area contributed by atoms with Crippen LogP contribution in [0.2, 0.25) is 10.0 Å². The van der Waals surface area contributed by atoms with Crippen molar-refractivity contribution in [2.75, 3.05) is 6.54 Å². The second-order valence-corrected chi connectivity index (χ2v) is 5.42. The molecule has 20 heavy (non-hydrogen) atoms. The molecule has 0 saturated carbocycles. The van der Waals surface area contributed by atoms with Crippen molar-refractivity contribution in [2.45, 2.75) is 32.7 Å². The van der Waals surface area contributed by atoms with Crippen LogP contribution < -0.4 is 5.32 Å². The lowest BCUT2D eigenvalue weighted by Gasteiger charge is -2.16. The predicted molar refractivity (Wildman–Crippen MR) is 79.1 cm³/mol. The minimum Gasteiger partial charge on any atom is -0.339 e. The molecule has 108 valence electrons. The van der Waals surface area contributed by atoms with Gasteiger partial charge in [0.1, 0.15) is 5.69 Å². The summed E-state index contributed by atoms with van der Waals surface area (Å²) in [6.07, 6.45) is 1.50. The van der Waals surface area contributed by atoms with E-state index in [2.05, 4.69) is 34.3 Å². The molecule has 2 rings (SSSR count). The average molecular weight is 315 g/mol. The van der Waals surface area contributed by atoms with E-state index in [-0.39, 0.29) is 12.0 Å². The van der Waals surface area contributed by atoms with E-state index in [1.54, 1.807) is 6.07 Å². The van der Waals surface area contributed by atoms with Gasteiger partial charge in [0.05, 0.1) is 16.0 Å². The number of rotatable bonds is 5. The smallest absolute Gasteiger partial charge is 0.231 e. The number of aromatic nitrogens is 3. The Bertz CT molecular complexity index is 588. The molecule has 0 aromatic carbocycles. The van der Waals surface area contributed by atoms with Crippen LogP contribution >= 0.6 is 23.2 Å². The fourth-order valence-corrected chi connectivity index (χ4v) is 2.27. The second kappa shape index (κ2) is 6.52. The molecule has 2 unspecified atom stereocenters. The van der Waals surface area contributed by atoms with Crippen LogP contribution in [0.4, 0.5) is 0 Å². The third-order valence-electron chi connectivity index (χ3n) is 3.13. The van der Waals surface area contributed by atoms with E-state index in [1.165, 1.54) is 6.20 Å². The van der Waals surface area contributed by atoms with Gasteiger partial charge < -0.3 is 9.84 Å². The first-order chi connectivity index (χ1) is 9.52. The fraction of sp³-hybridized carbons (Fsp3) is 0.462. The van der Waals surface area contributed by atoms with Crippen LogP contribution in [-0.4, -0.2) is 27.7 Å². The van der Waals surface area contributed by atoms with Crippen molar-refractivity contribution in [2.24, 2.45) is 0 Å². The Morgan fingerprint density at radius 2 is 2.10 bits per heavy atom. The summed E-state index contributed by atoms with van der Waals surface area (Å²) >= 11 is 11.9. The summed E-state index contributed by atoms with van der Waals surface area (Å²) in [5, 5.41) is 8.13. The highest BCUT2D eigenvalue weighted by atomic mass is 35.5. The molecule has 0 aliphatic heterocycles. The van der Waals surface area contributed by atoms with Gasteiger partial charge in [-0.2, -0.15) is 4.98 Å². The van der Waals surface area contributed by atoms with Crippen molar-refractivity contribution in [3.8, 4) is 11.5 Å². The highest BCUT2D eigenvalue weighted by molar-refractivity contribution is 6.35. The molecule has 0 saturated heterocycles. The standard InChI is InChI=1S/C13H16Cl2N4O/c1-4-16-8(3)7(2)13-18-12(19-20-13)11-10(15)5-9(14)6-17-11/h5-8,16H,4H2,1-3H3. The SMILES string of the molecule is CCNC(C)C(C)c1nc(-c2ncc(Cl)cc2Cl)no1. The number of hydrogen-bond donors (Lipinski definition) is 1. The minimum atomic E-state index is 0.0993. The van der Waals surface area contributed by atoms with Crippen LogP contribution in [-0.2, 0) is 0 Å². The molecular formula is C13H16Cl2N4O. The summed E-state index contributed by atoms with van der Waals surface area (Å²) in [5.41, 5.74) is 0.467. The second-order valence-electron chi connectivity index (χ2n) is 4.58. The van der Waals surface area contributed by atoms with E-state index >= 15 is 0 Å². The highest BCUT2D eigenvalue weighted by Gasteiger charge is 2.21. The van der Waals surface area contributed by atoms with Crippen molar-refractivity contribution in [3.05, 3.63) is 28.2 Å². The van der Waals surface area contributed by atoms with Crippen molar-refractivity contribution < 1.29 is 4.52 Å². The molecule has 7 heteroatoms. The molecule has 0 bridgehead atoms. The Balaban J connectivity index is 2.24. The van der Waals surface area contributed by atoms with Crippen LogP contribution in [0.1, 0.15) is 32.6 Å². The van der Waals surface area contributed by atoms with Gasteiger partial charge in [-0.1, -0.05) is 42.2 Å². The zero-order valence-electron chi connectivity index (χ0n) is 11.5. The first-order valence-corrected chi connectivity index (χ1v) is 7.17. The van der Waals surface area contributed by atoms with Gasteiger partial charge in [-0.3, -0.25) is 0 Å². The van der Waals surface area contributed by atoms with Crippen LogP contribution in [0.5, 0.6) is 0 Å². The maximum Gasteiger partial charge on any atom is 0.231 e. The van der Waals surface area contributed by atoms with Crippen LogP contribution in [0.25, 0.3) is 11.5 Å². The van der Waals surface area contributed by atoms with Crippen molar-refractivity contribution in [1.82, 2.24) is 20.4 Å². The van der Waals surface area contributed by atoms with Gasteiger partial charge in [0, 0.05) is 12.2 Å². The number of hydrogen-bond acceptors (Lipinski definition) is 5. The normalized spacial score (nSPS) is 14.2. The number of nitrogens with one attached hydrogen (secondary N) is 1. The molecule has 5 nitrogen and oxygen atoms in total. The Kier molecular flexibility index (Phi) is 4.96. The summed E-state index contributed by atoms with van der Waals surface area (Å²) in [5.74, 6) is 1.03. The molecule has 2 heterocycles. The van der Waals surface area contributed by atoms with E-state index in [1.807, 2.05) is 6.92 Å². The zero-order valence-corrected chi connectivity index (χ0v) is 13.0. The fourth-order valence-electron chi connectivity index (χ4n) is 1.81. The zero-order chi connectivity index (χ0) is 14.7. The molecule has 0 aliphatic rings. The molecule has 0 aliphatic carbocycles. The van der Waals surface area contributed by atoms with E-state index in [0.717, 1.165) is 6.54 Å². The van der Waals surface area contributed by atoms with Crippen molar-refractivity contribution in [3.63, 3.8) is 0 Å². The molecule has 1 N–H and O–H groups in total. The Labute approximate surface area is 127 Å². The molecular weight excluding hydrogens is 299 g/mol. The van der Waals surface area contributed by atoms with E-state index in [9.17, 15) is 0 Å². The lowest BCUT2D eigenvalue weighted by atomic mass is 10.0. The summed E-state index contributed by atoms with van der Waals surface area (Å²) in [4.78, 5) is 8.50. The van der Waals surface area contributed by atoms with Gasteiger partial charge in [0.25, 0.3) is 0 Å². The van der Waals surface area contributed by atoms with Gasteiger partial charge >= 0.3 is 0 Å². The van der Waals surface area contributed by atoms with Crippen LogP contribution in [0.3, 0.4) is 0 Å². The molecule has 2 aromatic heterocycles. The molecule has 0 fully saturated rings. The van der Waals surface area contributed by atoms with E-state index in [0.29, 0.717) is 27.5 Å². The lowest BCUT2D eigenvalue weighted by Crippen LogP contribution is -2.30. The molecule has 2 atom stereocenters. The molecule has 0 spiro atoms. The van der Waals surface area contributed by atoms with Gasteiger partial charge in [-0.25, -0.2) is 4.98 Å². The topological polar surface area (TPSA) is 63.8 Å².